The van der Waals surface area contributed by atoms with Gasteiger partial charge in [0.15, 0.2) is 4.34 Å². The summed E-state index contributed by atoms with van der Waals surface area (Å²) in [5.74, 6) is -0.955. The first-order valence-electron chi connectivity index (χ1n) is 3.05. The highest BCUT2D eigenvalue weighted by molar-refractivity contribution is 8.03. The fraction of sp³-hybridized carbons (Fsp3) is 0.167. The molecule has 0 fully saturated rings. The maximum Gasteiger partial charge on any atom is 0.328 e. The van der Waals surface area contributed by atoms with Crippen LogP contribution in [0, 0.1) is 6.92 Å². The van der Waals surface area contributed by atoms with Crippen LogP contribution in [-0.2, 0) is 4.79 Å². The van der Waals surface area contributed by atoms with E-state index in [0.717, 1.165) is 15.4 Å². The average molecular weight is 202 g/mol. The van der Waals surface area contributed by atoms with Crippen molar-refractivity contribution in [3.05, 3.63) is 16.5 Å². The van der Waals surface area contributed by atoms with Crippen LogP contribution in [0.3, 0.4) is 0 Å². The van der Waals surface area contributed by atoms with E-state index >= 15 is 0 Å². The van der Waals surface area contributed by atoms with Crippen LogP contribution >= 0.6 is 23.1 Å². The summed E-state index contributed by atoms with van der Waals surface area (Å²) in [7, 11) is 0. The highest BCUT2D eigenvalue weighted by Gasteiger charge is 1.97. The molecule has 0 bridgehead atoms. The van der Waals surface area contributed by atoms with Gasteiger partial charge in [0.05, 0.1) is 0 Å². The van der Waals surface area contributed by atoms with Crippen LogP contribution in [0.25, 0.3) is 0 Å². The number of aromatic nitrogens is 2. The number of thioether (sulfide) groups is 1. The third-order valence-electron chi connectivity index (χ3n) is 0.887. The molecule has 4 nitrogen and oxygen atoms in total. The van der Waals surface area contributed by atoms with E-state index in [-0.39, 0.29) is 0 Å². The Morgan fingerprint density at radius 1 is 1.67 bits per heavy atom. The average Bonchev–Trinajstić information content (AvgIpc) is 2.35. The largest absolute Gasteiger partial charge is 0.478 e. The molecule has 0 atom stereocenters. The molecule has 0 radical (unpaired) electrons. The number of hydrogen-bond acceptors (Lipinski definition) is 5. The van der Waals surface area contributed by atoms with Gasteiger partial charge in [0.1, 0.15) is 5.01 Å². The fourth-order valence-corrected chi connectivity index (χ4v) is 2.00. The van der Waals surface area contributed by atoms with Gasteiger partial charge in [-0.1, -0.05) is 23.1 Å². The van der Waals surface area contributed by atoms with E-state index in [0.29, 0.717) is 0 Å². The van der Waals surface area contributed by atoms with Crippen LogP contribution in [0.2, 0.25) is 0 Å². The third-order valence-corrected chi connectivity index (χ3v) is 2.61. The van der Waals surface area contributed by atoms with E-state index in [1.54, 1.807) is 0 Å². The normalized spacial score (nSPS) is 10.8. The molecular weight excluding hydrogens is 196 g/mol. The molecule has 1 heterocycles. The lowest BCUT2D eigenvalue weighted by Gasteiger charge is -1.81. The van der Waals surface area contributed by atoms with Gasteiger partial charge in [-0.2, -0.15) is 0 Å². The van der Waals surface area contributed by atoms with Crippen LogP contribution in [0.5, 0.6) is 0 Å². The van der Waals surface area contributed by atoms with E-state index in [1.165, 1.54) is 28.5 Å². The number of rotatable bonds is 3. The minimum absolute atomic E-state index is 0.755. The molecule has 0 aliphatic carbocycles. The van der Waals surface area contributed by atoms with Gasteiger partial charge < -0.3 is 5.11 Å². The lowest BCUT2D eigenvalue weighted by atomic mass is 10.7. The monoisotopic (exact) mass is 202 g/mol. The summed E-state index contributed by atoms with van der Waals surface area (Å²) in [6.07, 6.45) is 1.07. The molecule has 0 aliphatic rings. The van der Waals surface area contributed by atoms with Crippen molar-refractivity contribution in [2.75, 3.05) is 0 Å². The highest BCUT2D eigenvalue weighted by Crippen LogP contribution is 2.22. The quantitative estimate of drug-likeness (QED) is 0.595. The van der Waals surface area contributed by atoms with Gasteiger partial charge in [-0.3, -0.25) is 0 Å². The molecule has 0 aromatic carbocycles. The molecule has 6 heteroatoms. The number of carboxylic acids is 1. The van der Waals surface area contributed by atoms with Crippen molar-refractivity contribution < 1.29 is 9.90 Å². The van der Waals surface area contributed by atoms with Crippen molar-refractivity contribution in [3.63, 3.8) is 0 Å². The second-order valence-electron chi connectivity index (χ2n) is 1.85. The standard InChI is InChI=1S/C6H6N2O2S2/c1-4-7-8-6(12-4)11-3-2-5(9)10/h2-3H,1H3,(H,9,10). The number of aryl methyl sites for hydroxylation is 1. The van der Waals surface area contributed by atoms with Crippen LogP contribution in [0.4, 0.5) is 0 Å². The van der Waals surface area contributed by atoms with Crippen molar-refractivity contribution in [3.8, 4) is 0 Å². The molecule has 0 unspecified atom stereocenters. The third kappa shape index (κ3) is 3.02. The zero-order chi connectivity index (χ0) is 8.97. The van der Waals surface area contributed by atoms with Crippen molar-refractivity contribution in [2.24, 2.45) is 0 Å². The topological polar surface area (TPSA) is 63.1 Å². The number of hydrogen-bond donors (Lipinski definition) is 1. The van der Waals surface area contributed by atoms with Crippen molar-refractivity contribution in [1.29, 1.82) is 0 Å². The van der Waals surface area contributed by atoms with Crippen molar-refractivity contribution in [2.45, 2.75) is 11.3 Å². The molecule has 0 aliphatic heterocycles. The maximum atomic E-state index is 10.1. The van der Waals surface area contributed by atoms with E-state index < -0.39 is 5.97 Å². The van der Waals surface area contributed by atoms with Crippen LogP contribution in [-0.4, -0.2) is 21.3 Å². The Balaban J connectivity index is 2.48. The van der Waals surface area contributed by atoms with Gasteiger partial charge in [-0.05, 0) is 12.3 Å². The summed E-state index contributed by atoms with van der Waals surface area (Å²) in [5, 5.41) is 18.2. The Labute approximate surface area is 77.3 Å². The van der Waals surface area contributed by atoms with Crippen LogP contribution in [0.15, 0.2) is 15.8 Å². The van der Waals surface area contributed by atoms with E-state index in [2.05, 4.69) is 10.2 Å². The summed E-state index contributed by atoms with van der Waals surface area (Å²) in [6, 6.07) is 0. The predicted molar refractivity (Wildman–Crippen MR) is 47.3 cm³/mol. The SMILES string of the molecule is Cc1nnc(SC=CC(=O)O)s1. The predicted octanol–water partition coefficient (Wildman–Crippen LogP) is 1.54. The zero-order valence-corrected chi connectivity index (χ0v) is 7.85. The van der Waals surface area contributed by atoms with Crippen LogP contribution < -0.4 is 0 Å². The summed E-state index contributed by atoms with van der Waals surface area (Å²) in [5.41, 5.74) is 0. The van der Waals surface area contributed by atoms with Crippen molar-refractivity contribution >= 4 is 29.1 Å². The first-order chi connectivity index (χ1) is 5.68. The molecule has 12 heavy (non-hydrogen) atoms. The van der Waals surface area contributed by atoms with E-state index in [1.807, 2.05) is 6.92 Å². The van der Waals surface area contributed by atoms with E-state index in [4.69, 9.17) is 5.11 Å². The molecule has 1 rings (SSSR count). The second kappa shape index (κ2) is 4.22. The number of aliphatic carboxylic acids is 1. The first kappa shape index (κ1) is 9.21. The van der Waals surface area contributed by atoms with Gasteiger partial charge in [0.25, 0.3) is 0 Å². The Kier molecular flexibility index (Phi) is 3.24. The van der Waals surface area contributed by atoms with Gasteiger partial charge in [0.2, 0.25) is 0 Å². The maximum absolute atomic E-state index is 10.1. The molecule has 1 N–H and O–H groups in total. The van der Waals surface area contributed by atoms with Crippen LogP contribution in [0.1, 0.15) is 5.01 Å². The molecular formula is C6H6N2O2S2. The summed E-state index contributed by atoms with van der Waals surface area (Å²) < 4.78 is 0.755. The lowest BCUT2D eigenvalue weighted by molar-refractivity contribution is -0.131. The Morgan fingerprint density at radius 3 is 2.92 bits per heavy atom. The smallest absolute Gasteiger partial charge is 0.328 e. The Morgan fingerprint density at radius 2 is 2.42 bits per heavy atom. The van der Waals surface area contributed by atoms with Gasteiger partial charge >= 0.3 is 5.97 Å². The number of nitrogens with zero attached hydrogens (tertiary/aromatic N) is 2. The molecule has 1 aromatic rings. The minimum atomic E-state index is -0.955. The van der Waals surface area contributed by atoms with Crippen molar-refractivity contribution in [1.82, 2.24) is 10.2 Å². The summed E-state index contributed by atoms with van der Waals surface area (Å²) >= 11 is 2.69. The van der Waals surface area contributed by atoms with Gasteiger partial charge in [-0.25, -0.2) is 4.79 Å². The summed E-state index contributed by atoms with van der Waals surface area (Å²) in [4.78, 5) is 10.1. The Hall–Kier alpha value is -0.880. The zero-order valence-electron chi connectivity index (χ0n) is 6.22. The molecule has 0 saturated heterocycles. The van der Waals surface area contributed by atoms with Gasteiger partial charge in [0, 0.05) is 6.08 Å². The second-order valence-corrected chi connectivity index (χ2v) is 4.18. The molecule has 64 valence electrons. The number of carboxylic acid groups (broad SMARTS) is 1. The lowest BCUT2D eigenvalue weighted by Crippen LogP contribution is -1.84. The first-order valence-corrected chi connectivity index (χ1v) is 4.74. The molecule has 0 spiro atoms. The number of carbonyl (C=O) groups is 1. The minimum Gasteiger partial charge on any atom is -0.478 e. The Bertz CT molecular complexity index is 308. The molecule has 1 aromatic heterocycles. The highest BCUT2D eigenvalue weighted by atomic mass is 32.2. The fourth-order valence-electron chi connectivity index (χ4n) is 0.476. The van der Waals surface area contributed by atoms with Gasteiger partial charge in [-0.15, -0.1) is 10.2 Å². The van der Waals surface area contributed by atoms with E-state index in [9.17, 15) is 4.79 Å². The molecule has 0 amide bonds. The molecule has 0 saturated carbocycles. The summed E-state index contributed by atoms with van der Waals surface area (Å²) in [6.45, 7) is 1.85.